The lowest BCUT2D eigenvalue weighted by atomic mass is 9.91. The molecule has 0 unspecified atom stereocenters. The number of fused-ring (bicyclic) bond motifs is 2. The molecule has 6 amide bonds. The second-order valence-corrected chi connectivity index (χ2v) is 21.4. The van der Waals surface area contributed by atoms with Crippen LogP contribution < -0.4 is 63.0 Å². The molecule has 10 heterocycles. The summed E-state index contributed by atoms with van der Waals surface area (Å²) in [5, 5.41) is 75.8. The zero-order chi connectivity index (χ0) is 54.2. The molecule has 4 aromatic rings. The van der Waals surface area contributed by atoms with E-state index in [4.69, 9.17) is 39.4 Å². The van der Waals surface area contributed by atoms with Crippen LogP contribution in [0.2, 0.25) is 0 Å². The molecule has 30 nitrogen and oxygen atoms in total. The third-order valence-corrected chi connectivity index (χ3v) is 15.9. The fourth-order valence-corrected chi connectivity index (χ4v) is 11.7. The highest BCUT2D eigenvalue weighted by molar-refractivity contribution is 5.87. The maximum absolute atomic E-state index is 13.0. The van der Waals surface area contributed by atoms with Gasteiger partial charge in [0.15, 0.2) is 58.6 Å². The van der Waals surface area contributed by atoms with Crippen LogP contribution >= 0.6 is 0 Å². The van der Waals surface area contributed by atoms with E-state index in [2.05, 4.69) is 53.2 Å². The maximum Gasteiger partial charge on any atom is 0.315 e. The Kier molecular flexibility index (Phi) is 15.8. The highest BCUT2D eigenvalue weighted by Gasteiger charge is 2.49. The van der Waals surface area contributed by atoms with Crippen LogP contribution in [0.1, 0.15) is 77.7 Å². The average Bonchev–Trinajstić information content (AvgIpc) is 4.33. The second kappa shape index (κ2) is 23.0. The Labute approximate surface area is 448 Å². The number of carbonyl (C=O) groups is 4. The lowest BCUT2D eigenvalue weighted by Crippen LogP contribution is -2.47. The minimum Gasteiger partial charge on any atom is -0.387 e. The number of ether oxygens (including phenoxy) is 2. The van der Waals surface area contributed by atoms with E-state index in [1.54, 1.807) is 13.8 Å². The number of anilines is 4. The Morgan fingerprint density at radius 2 is 0.962 bits per heavy atom. The van der Waals surface area contributed by atoms with Crippen molar-refractivity contribution in [3.8, 4) is 0 Å². The van der Waals surface area contributed by atoms with Gasteiger partial charge in [0.1, 0.15) is 24.4 Å². The number of aliphatic hydroxyl groups excluding tert-OH is 4. The number of urea groups is 2. The number of hydrogen-bond acceptors (Lipinski definition) is 22. The van der Waals surface area contributed by atoms with E-state index >= 15 is 0 Å². The molecule has 1 aliphatic carbocycles. The van der Waals surface area contributed by atoms with Gasteiger partial charge < -0.3 is 92.9 Å². The summed E-state index contributed by atoms with van der Waals surface area (Å²) in [4.78, 5) is 84.9. The number of carbonyl (C=O) groups excluding carboxylic acids is 4. The molecule has 4 aromatic heterocycles. The van der Waals surface area contributed by atoms with Crippen LogP contribution in [0.3, 0.4) is 0 Å². The van der Waals surface area contributed by atoms with E-state index in [0.717, 1.165) is 39.0 Å². The van der Waals surface area contributed by atoms with Gasteiger partial charge >= 0.3 is 12.1 Å². The van der Waals surface area contributed by atoms with Gasteiger partial charge in [-0.2, -0.15) is 19.9 Å². The van der Waals surface area contributed by atoms with Crippen molar-refractivity contribution in [2.24, 2.45) is 0 Å². The van der Waals surface area contributed by atoms with E-state index in [-0.39, 0.29) is 48.3 Å². The predicted molar refractivity (Wildman–Crippen MR) is 280 cm³/mol. The molecule has 424 valence electrons. The van der Waals surface area contributed by atoms with Crippen LogP contribution in [0.5, 0.6) is 0 Å². The Morgan fingerprint density at radius 1 is 0.551 bits per heavy atom. The van der Waals surface area contributed by atoms with Crippen molar-refractivity contribution in [3.05, 3.63) is 12.7 Å². The number of amides is 6. The van der Waals surface area contributed by atoms with Crippen LogP contribution in [-0.4, -0.2) is 222 Å². The molecular weight excluding hydrogens is 1020 g/mol. The summed E-state index contributed by atoms with van der Waals surface area (Å²) < 4.78 is 15.1. The van der Waals surface area contributed by atoms with Gasteiger partial charge in [0.2, 0.25) is 11.9 Å². The standard InChI is InChI=1S/C48H72N20O10/c1-3-51-41(73)35-31(69)33(71)43(77-35)67-21-53-29-37(61-45(63-39(29)67)65-15-11-27(19-65)59-47(75)57-25-9-13-49-17-25)55-23-5-7-24(8-6-23)56-38-30-40(68(22-54-30)44-34(72)32(70)36(78-44)42(74)52-4-2)64-46(62-38)66-16-12-28(20-66)60-48(76)58-26-10-14-50-18-26/h21-28,31-36,43-44,49-50,69-72H,3-20H2,1-2H3,(H,51,73)(H,52,74)(H,55,61,63)(H,56,62,64)(H2,57,59,75)(H2,58,60,76)/t23?,24?,25-,26-,27-,28-,31+,32+,33-,34-,35+,36+,43-,44-/m1/s1. The van der Waals surface area contributed by atoms with E-state index in [1.807, 2.05) is 9.80 Å². The molecular formula is C48H72N20O10. The van der Waals surface area contributed by atoms with Crippen molar-refractivity contribution >= 4 is 69.7 Å². The Hall–Kier alpha value is -6.54. The summed E-state index contributed by atoms with van der Waals surface area (Å²) in [5.41, 5.74) is 1.41. The summed E-state index contributed by atoms with van der Waals surface area (Å²) in [6, 6.07) is -0.869. The number of likely N-dealkylation sites (N-methyl/N-ethyl adjacent to an activating group) is 2. The Morgan fingerprint density at radius 3 is 1.35 bits per heavy atom. The molecule has 7 aliphatic rings. The number of hydrogen-bond donors (Lipinski definition) is 14. The Bertz CT molecular complexity index is 2620. The topological polar surface area (TPSA) is 382 Å². The number of aromatic nitrogens is 8. The normalized spacial score (nSPS) is 32.0. The van der Waals surface area contributed by atoms with Gasteiger partial charge in [-0.3, -0.25) is 18.7 Å². The number of imidazole rings is 2. The van der Waals surface area contributed by atoms with Crippen LogP contribution in [-0.2, 0) is 19.1 Å². The molecule has 14 N–H and O–H groups in total. The van der Waals surface area contributed by atoms with Crippen LogP contribution in [0.4, 0.5) is 33.1 Å². The lowest BCUT2D eigenvalue weighted by Gasteiger charge is -2.31. The summed E-state index contributed by atoms with van der Waals surface area (Å²) in [5.74, 6) is 0.491. The molecule has 0 bridgehead atoms. The molecule has 6 aliphatic heterocycles. The van der Waals surface area contributed by atoms with Gasteiger partial charge in [0.25, 0.3) is 11.8 Å². The Balaban J connectivity index is 0.820. The zero-order valence-electron chi connectivity index (χ0n) is 43.7. The van der Waals surface area contributed by atoms with Crippen molar-refractivity contribution in [1.29, 1.82) is 0 Å². The first kappa shape index (κ1) is 53.5. The summed E-state index contributed by atoms with van der Waals surface area (Å²) in [6.07, 6.45) is -2.38. The molecule has 0 spiro atoms. The van der Waals surface area contributed by atoms with E-state index in [9.17, 15) is 39.6 Å². The molecule has 1 saturated carbocycles. The minimum atomic E-state index is -1.51. The van der Waals surface area contributed by atoms with Crippen LogP contribution in [0, 0.1) is 0 Å². The molecule has 12 atom stereocenters. The zero-order valence-corrected chi connectivity index (χ0v) is 43.7. The summed E-state index contributed by atoms with van der Waals surface area (Å²) in [7, 11) is 0. The SMILES string of the molecule is CCNC(=O)[C@H]1O[C@@H](n2cnc3c(NC4CCC(Nc5nc(N6CC[C@@H](NC(=O)N[C@@H]7CCNC7)C6)nc6c5ncn6[C@@H]5O[C@H](C(=O)NCC)[C@@H](O)[C@H]5O)CC4)nc(N4CC[C@@H](NC(=O)N[C@@H]5CCNC5)C4)nc32)[C@H](O)[C@@H]1O. The molecule has 78 heavy (non-hydrogen) atoms. The first-order chi connectivity index (χ1) is 37.8. The third-order valence-electron chi connectivity index (χ3n) is 15.9. The van der Waals surface area contributed by atoms with Crippen LogP contribution in [0.25, 0.3) is 22.3 Å². The van der Waals surface area contributed by atoms with Crippen molar-refractivity contribution in [2.45, 2.75) is 151 Å². The fourth-order valence-electron chi connectivity index (χ4n) is 11.7. The lowest BCUT2D eigenvalue weighted by molar-refractivity contribution is -0.138. The predicted octanol–water partition coefficient (Wildman–Crippen LogP) is -3.21. The number of nitrogens with zero attached hydrogens (tertiary/aromatic N) is 10. The monoisotopic (exact) mass is 1090 g/mol. The minimum absolute atomic E-state index is 0.0622. The third kappa shape index (κ3) is 11.1. The smallest absolute Gasteiger partial charge is 0.315 e. The van der Waals surface area contributed by atoms with Gasteiger partial charge in [0, 0.05) is 88.6 Å². The molecule has 0 radical (unpaired) electrons. The largest absolute Gasteiger partial charge is 0.387 e. The summed E-state index contributed by atoms with van der Waals surface area (Å²) in [6.45, 7) is 9.20. The molecule has 6 saturated heterocycles. The fraction of sp³-hybridized carbons (Fsp3) is 0.708. The van der Waals surface area contributed by atoms with Crippen molar-refractivity contribution in [3.63, 3.8) is 0 Å². The highest BCUT2D eigenvalue weighted by atomic mass is 16.6. The first-order valence-corrected chi connectivity index (χ1v) is 27.5. The van der Waals surface area contributed by atoms with Gasteiger partial charge in [-0.15, -0.1) is 0 Å². The van der Waals surface area contributed by atoms with Gasteiger partial charge in [-0.1, -0.05) is 0 Å². The van der Waals surface area contributed by atoms with Crippen molar-refractivity contribution in [2.75, 3.05) is 85.9 Å². The molecule has 11 rings (SSSR count). The maximum atomic E-state index is 13.0. The van der Waals surface area contributed by atoms with Gasteiger partial charge in [0.05, 0.1) is 12.7 Å². The van der Waals surface area contributed by atoms with Crippen molar-refractivity contribution in [1.82, 2.24) is 81.6 Å². The highest BCUT2D eigenvalue weighted by Crippen LogP contribution is 2.37. The second-order valence-electron chi connectivity index (χ2n) is 21.4. The van der Waals surface area contributed by atoms with Crippen LogP contribution in [0.15, 0.2) is 12.7 Å². The quantitative estimate of drug-likeness (QED) is 0.0525. The first-order valence-electron chi connectivity index (χ1n) is 27.5. The van der Waals surface area contributed by atoms with E-state index < -0.39 is 60.9 Å². The number of aliphatic hydroxyl groups is 4. The molecule has 30 heteroatoms. The number of nitrogens with one attached hydrogen (secondary N) is 10. The molecule has 7 fully saturated rings. The van der Waals surface area contributed by atoms with E-state index in [0.29, 0.717) is 124 Å². The average molecular weight is 1090 g/mol. The number of rotatable bonds is 16. The van der Waals surface area contributed by atoms with Gasteiger partial charge in [-0.25, -0.2) is 19.6 Å². The molecule has 0 aromatic carbocycles. The van der Waals surface area contributed by atoms with E-state index in [1.165, 1.54) is 21.8 Å². The summed E-state index contributed by atoms with van der Waals surface area (Å²) >= 11 is 0. The van der Waals surface area contributed by atoms with Gasteiger partial charge in [-0.05, 0) is 78.3 Å². The van der Waals surface area contributed by atoms with Crippen molar-refractivity contribution < 1.29 is 49.1 Å².